The topological polar surface area (TPSA) is 110 Å². The molecule has 7 nitrogen and oxygen atoms in total. The van der Waals surface area contributed by atoms with Crippen LogP contribution < -0.4 is 5.73 Å². The first kappa shape index (κ1) is 13.7. The van der Waals surface area contributed by atoms with Crippen LogP contribution in [0.1, 0.15) is 6.04 Å². The number of imidazole rings is 1. The monoisotopic (exact) mass is 387 g/mol. The average molecular weight is 387 g/mol. The van der Waals surface area contributed by atoms with E-state index in [1.165, 1.54) is 6.33 Å². The van der Waals surface area contributed by atoms with E-state index in [-0.39, 0.29) is 31.1 Å². The number of aliphatic hydroxyl groups is 2. The van der Waals surface area contributed by atoms with Crippen LogP contribution in [-0.2, 0) is 0 Å². The second kappa shape index (κ2) is 5.26. The van der Waals surface area contributed by atoms with Gasteiger partial charge in [0.05, 0.1) is 19.0 Å². The number of nitrogens with two attached hydrogens (primary N) is 1. The number of allylic oxidation sites excluding steroid dienone is 1. The molecule has 0 saturated carbocycles. The molecule has 20 heavy (non-hydrogen) atoms. The van der Waals surface area contributed by atoms with Gasteiger partial charge in [-0.05, 0) is 26.2 Å². The first-order chi connectivity index (χ1) is 9.67. The van der Waals surface area contributed by atoms with Crippen molar-refractivity contribution in [3.63, 3.8) is 0 Å². The van der Waals surface area contributed by atoms with Crippen LogP contribution in [0.15, 0.2) is 22.3 Å². The van der Waals surface area contributed by atoms with E-state index in [0.29, 0.717) is 17.0 Å². The van der Waals surface area contributed by atoms with Crippen molar-refractivity contribution in [1.82, 2.24) is 19.5 Å². The molecule has 0 aliphatic heterocycles. The standard InChI is InChI=1S/C12H14IN5O2/c13-8-1-9(7(3-20)6(8)2-19)18-5-17-10-11(14)15-4-16-12(10)18/h1,4-7,9,19-20H,2-3H2,(H2,14,15,16)/t6-,7-,9+/m1/s1. The molecule has 106 valence electrons. The Balaban J connectivity index is 2.09. The number of hydrogen-bond acceptors (Lipinski definition) is 6. The molecule has 0 saturated heterocycles. The number of halogens is 1. The number of anilines is 1. The molecule has 1 aliphatic rings. The summed E-state index contributed by atoms with van der Waals surface area (Å²) in [5.74, 6) is 0.187. The summed E-state index contributed by atoms with van der Waals surface area (Å²) in [5, 5.41) is 19.1. The van der Waals surface area contributed by atoms with E-state index >= 15 is 0 Å². The van der Waals surface area contributed by atoms with Gasteiger partial charge < -0.3 is 20.5 Å². The molecule has 0 unspecified atom stereocenters. The van der Waals surface area contributed by atoms with E-state index in [1.54, 1.807) is 6.33 Å². The number of aliphatic hydroxyl groups excluding tert-OH is 2. The normalized spacial score (nSPS) is 26.1. The lowest BCUT2D eigenvalue weighted by molar-refractivity contribution is 0.131. The van der Waals surface area contributed by atoms with Gasteiger partial charge in [-0.1, -0.05) is 6.08 Å². The minimum Gasteiger partial charge on any atom is -0.396 e. The van der Waals surface area contributed by atoms with Crippen molar-refractivity contribution >= 4 is 39.6 Å². The quantitative estimate of drug-likeness (QED) is 0.662. The molecule has 0 spiro atoms. The van der Waals surface area contributed by atoms with Crippen LogP contribution in [0, 0.1) is 11.8 Å². The molecule has 8 heteroatoms. The maximum Gasteiger partial charge on any atom is 0.165 e. The number of hydrogen-bond donors (Lipinski definition) is 3. The summed E-state index contributed by atoms with van der Waals surface area (Å²) >= 11 is 2.20. The lowest BCUT2D eigenvalue weighted by Crippen LogP contribution is -2.25. The summed E-state index contributed by atoms with van der Waals surface area (Å²) in [5.41, 5.74) is 6.98. The van der Waals surface area contributed by atoms with Gasteiger partial charge in [0.2, 0.25) is 0 Å². The predicted octanol–water partition coefficient (Wildman–Crippen LogP) is 0.499. The fourth-order valence-corrected chi connectivity index (χ4v) is 3.71. The summed E-state index contributed by atoms with van der Waals surface area (Å²) in [6.45, 7) is -0.000608. The molecule has 0 aromatic carbocycles. The Morgan fingerprint density at radius 3 is 2.75 bits per heavy atom. The summed E-state index contributed by atoms with van der Waals surface area (Å²) in [4.78, 5) is 12.4. The molecule has 0 radical (unpaired) electrons. The largest absolute Gasteiger partial charge is 0.396 e. The van der Waals surface area contributed by atoms with Crippen molar-refractivity contribution in [3.8, 4) is 0 Å². The van der Waals surface area contributed by atoms with Crippen molar-refractivity contribution in [1.29, 1.82) is 0 Å². The molecule has 3 atom stereocenters. The molecule has 0 bridgehead atoms. The van der Waals surface area contributed by atoms with E-state index in [1.807, 2.05) is 10.6 Å². The smallest absolute Gasteiger partial charge is 0.165 e. The van der Waals surface area contributed by atoms with Gasteiger partial charge in [0.25, 0.3) is 0 Å². The fourth-order valence-electron chi connectivity index (χ4n) is 2.69. The SMILES string of the molecule is Nc1ncnc2c1ncn2[C@H]1C=C(I)[C@H](CO)[C@H]1CO. The van der Waals surface area contributed by atoms with Crippen LogP contribution in [0.2, 0.25) is 0 Å². The summed E-state index contributed by atoms with van der Waals surface area (Å²) < 4.78 is 2.92. The molecule has 3 rings (SSSR count). The minimum absolute atomic E-state index is 0.0141. The van der Waals surface area contributed by atoms with Crippen LogP contribution >= 0.6 is 22.6 Å². The molecule has 2 aromatic heterocycles. The van der Waals surface area contributed by atoms with Crippen molar-refractivity contribution in [3.05, 3.63) is 22.3 Å². The summed E-state index contributed by atoms with van der Waals surface area (Å²) in [6.07, 6.45) is 5.09. The minimum atomic E-state index is -0.0968. The van der Waals surface area contributed by atoms with Gasteiger partial charge in [-0.2, -0.15) is 0 Å². The lowest BCUT2D eigenvalue weighted by atomic mass is 9.94. The summed E-state index contributed by atoms with van der Waals surface area (Å²) in [7, 11) is 0. The van der Waals surface area contributed by atoms with Gasteiger partial charge in [-0.25, -0.2) is 15.0 Å². The molecule has 0 amide bonds. The Labute approximate surface area is 128 Å². The Morgan fingerprint density at radius 2 is 2.05 bits per heavy atom. The molecule has 1 aliphatic carbocycles. The number of nitrogens with zero attached hydrogens (tertiary/aromatic N) is 4. The molecular weight excluding hydrogens is 373 g/mol. The van der Waals surface area contributed by atoms with Crippen molar-refractivity contribution < 1.29 is 10.2 Å². The highest BCUT2D eigenvalue weighted by Gasteiger charge is 2.37. The van der Waals surface area contributed by atoms with Crippen LogP contribution in [0.5, 0.6) is 0 Å². The van der Waals surface area contributed by atoms with Gasteiger partial charge >= 0.3 is 0 Å². The summed E-state index contributed by atoms with van der Waals surface area (Å²) in [6, 6.07) is -0.0941. The zero-order valence-electron chi connectivity index (χ0n) is 10.5. The highest BCUT2D eigenvalue weighted by Crippen LogP contribution is 2.42. The fraction of sp³-hybridized carbons (Fsp3) is 0.417. The van der Waals surface area contributed by atoms with Crippen LogP contribution in [-0.4, -0.2) is 42.9 Å². The predicted molar refractivity (Wildman–Crippen MR) is 82.0 cm³/mol. The van der Waals surface area contributed by atoms with Gasteiger partial charge in [-0.15, -0.1) is 0 Å². The van der Waals surface area contributed by atoms with Crippen LogP contribution in [0.4, 0.5) is 5.82 Å². The zero-order chi connectivity index (χ0) is 14.3. The highest BCUT2D eigenvalue weighted by atomic mass is 127. The second-order valence-corrected chi connectivity index (χ2v) is 6.01. The number of aromatic nitrogens is 4. The highest BCUT2D eigenvalue weighted by molar-refractivity contribution is 14.1. The van der Waals surface area contributed by atoms with E-state index in [4.69, 9.17) is 5.73 Å². The molecule has 2 aromatic rings. The zero-order valence-corrected chi connectivity index (χ0v) is 12.7. The Morgan fingerprint density at radius 1 is 1.25 bits per heavy atom. The Kier molecular flexibility index (Phi) is 3.61. The first-order valence-electron chi connectivity index (χ1n) is 6.19. The van der Waals surface area contributed by atoms with Crippen molar-refractivity contribution in [2.24, 2.45) is 11.8 Å². The van der Waals surface area contributed by atoms with Gasteiger partial charge in [0.1, 0.15) is 11.8 Å². The van der Waals surface area contributed by atoms with Gasteiger partial charge in [0, 0.05) is 18.4 Å². The maximum atomic E-state index is 9.64. The van der Waals surface area contributed by atoms with Gasteiger partial charge in [-0.3, -0.25) is 0 Å². The molecule has 2 heterocycles. The van der Waals surface area contributed by atoms with Gasteiger partial charge in [0.15, 0.2) is 11.5 Å². The third-order valence-corrected chi connectivity index (χ3v) is 4.92. The Bertz CT molecular complexity index is 671. The maximum absolute atomic E-state index is 9.64. The van der Waals surface area contributed by atoms with E-state index < -0.39 is 0 Å². The first-order valence-corrected chi connectivity index (χ1v) is 7.27. The lowest BCUT2D eigenvalue weighted by Gasteiger charge is -2.23. The third kappa shape index (κ3) is 1.98. The van der Waals surface area contributed by atoms with E-state index in [9.17, 15) is 10.2 Å². The molecule has 0 fully saturated rings. The van der Waals surface area contributed by atoms with Crippen molar-refractivity contribution in [2.75, 3.05) is 18.9 Å². The number of fused-ring (bicyclic) bond motifs is 1. The Hall–Kier alpha value is -1.26. The van der Waals surface area contributed by atoms with E-state index in [0.717, 1.165) is 3.58 Å². The number of rotatable bonds is 3. The van der Waals surface area contributed by atoms with Crippen LogP contribution in [0.25, 0.3) is 11.2 Å². The number of nitrogen functional groups attached to an aromatic ring is 1. The average Bonchev–Trinajstić information content (AvgIpc) is 2.99. The van der Waals surface area contributed by atoms with Crippen LogP contribution in [0.3, 0.4) is 0 Å². The third-order valence-electron chi connectivity index (χ3n) is 3.76. The molecular formula is C12H14IN5O2. The second-order valence-electron chi connectivity index (χ2n) is 4.76. The van der Waals surface area contributed by atoms with E-state index in [2.05, 4.69) is 37.5 Å². The molecule has 4 N–H and O–H groups in total. The van der Waals surface area contributed by atoms with Crippen molar-refractivity contribution in [2.45, 2.75) is 6.04 Å².